The van der Waals surface area contributed by atoms with Crippen molar-refractivity contribution < 1.29 is 14.4 Å². The third-order valence-electron chi connectivity index (χ3n) is 5.52. The molecule has 0 aliphatic carbocycles. The molecule has 0 amide bonds. The van der Waals surface area contributed by atoms with Crippen molar-refractivity contribution in [2.45, 2.75) is 25.5 Å². The number of nitrogens with one attached hydrogen (secondary N) is 1. The zero-order chi connectivity index (χ0) is 22.7. The van der Waals surface area contributed by atoms with Gasteiger partial charge in [0.15, 0.2) is 5.75 Å². The van der Waals surface area contributed by atoms with Crippen molar-refractivity contribution in [2.24, 2.45) is 0 Å². The molecule has 3 aromatic rings. The first-order valence-electron chi connectivity index (χ1n) is 10.2. The van der Waals surface area contributed by atoms with Crippen LogP contribution in [0.3, 0.4) is 0 Å². The van der Waals surface area contributed by atoms with Gasteiger partial charge < -0.3 is 14.8 Å². The Labute approximate surface area is 203 Å². The Morgan fingerprint density at radius 2 is 1.81 bits per heavy atom. The van der Waals surface area contributed by atoms with E-state index in [0.717, 1.165) is 49.9 Å². The van der Waals surface area contributed by atoms with Gasteiger partial charge in [0, 0.05) is 12.1 Å². The summed E-state index contributed by atoms with van der Waals surface area (Å²) in [7, 11) is 1.63. The van der Waals surface area contributed by atoms with Gasteiger partial charge in [0.1, 0.15) is 12.4 Å². The summed E-state index contributed by atoms with van der Waals surface area (Å²) in [6, 6.07) is 17.2. The number of hydrogen-bond donors (Lipinski definition) is 1. The molecule has 1 N–H and O–H groups in total. The quantitative estimate of drug-likeness (QED) is 0.277. The van der Waals surface area contributed by atoms with Gasteiger partial charge >= 0.3 is 5.69 Å². The molecule has 6 nitrogen and oxygen atoms in total. The summed E-state index contributed by atoms with van der Waals surface area (Å²) in [6.07, 6.45) is 1.48. The predicted octanol–water partition coefficient (Wildman–Crippen LogP) is 6.14. The second kappa shape index (κ2) is 10.0. The van der Waals surface area contributed by atoms with E-state index in [9.17, 15) is 10.1 Å². The Kier molecular flexibility index (Phi) is 7.13. The molecule has 0 saturated heterocycles. The molecule has 0 aromatic heterocycles. The number of nitro benzene ring substituents is 1. The molecule has 1 heterocycles. The summed E-state index contributed by atoms with van der Waals surface area (Å²) >= 11 is 7.10. The van der Waals surface area contributed by atoms with Gasteiger partial charge in [-0.2, -0.15) is 0 Å². The SMILES string of the molecule is COc1c(Br)cc(CC2NCCc3cc(OCc4ccccc4)c([N+](=O)[O-])cc32)cc1Br. The van der Waals surface area contributed by atoms with Crippen molar-refractivity contribution in [1.82, 2.24) is 5.32 Å². The molecule has 1 atom stereocenters. The van der Waals surface area contributed by atoms with E-state index in [-0.39, 0.29) is 23.3 Å². The monoisotopic (exact) mass is 560 g/mol. The molecule has 1 unspecified atom stereocenters. The Morgan fingerprint density at radius 3 is 2.47 bits per heavy atom. The molecular weight excluding hydrogens is 540 g/mol. The Morgan fingerprint density at radius 1 is 1.09 bits per heavy atom. The van der Waals surface area contributed by atoms with E-state index < -0.39 is 0 Å². The van der Waals surface area contributed by atoms with Crippen LogP contribution < -0.4 is 14.8 Å². The highest BCUT2D eigenvalue weighted by Crippen LogP contribution is 2.39. The third kappa shape index (κ3) is 4.98. The summed E-state index contributed by atoms with van der Waals surface area (Å²) < 4.78 is 13.0. The topological polar surface area (TPSA) is 73.6 Å². The van der Waals surface area contributed by atoms with E-state index in [1.54, 1.807) is 13.2 Å². The maximum Gasteiger partial charge on any atom is 0.311 e. The number of rotatable bonds is 7. The summed E-state index contributed by atoms with van der Waals surface area (Å²) in [6.45, 7) is 1.09. The Bertz CT molecular complexity index is 1120. The van der Waals surface area contributed by atoms with Crippen molar-refractivity contribution in [1.29, 1.82) is 0 Å². The summed E-state index contributed by atoms with van der Waals surface area (Å²) in [4.78, 5) is 11.5. The maximum absolute atomic E-state index is 11.8. The number of methoxy groups -OCH3 is 1. The maximum atomic E-state index is 11.8. The lowest BCUT2D eigenvalue weighted by Crippen LogP contribution is -2.31. The van der Waals surface area contributed by atoms with Crippen molar-refractivity contribution >= 4 is 37.5 Å². The smallest absolute Gasteiger partial charge is 0.311 e. The Hall–Kier alpha value is -2.42. The lowest BCUT2D eigenvalue weighted by molar-refractivity contribution is -0.386. The molecule has 1 aliphatic rings. The van der Waals surface area contributed by atoms with Gasteiger partial charge in [0.25, 0.3) is 0 Å². The van der Waals surface area contributed by atoms with E-state index in [1.807, 2.05) is 48.5 Å². The Balaban J connectivity index is 1.62. The molecule has 0 bridgehead atoms. The fraction of sp³-hybridized carbons (Fsp3) is 0.250. The van der Waals surface area contributed by atoms with Crippen molar-refractivity contribution in [3.05, 3.63) is 95.9 Å². The minimum atomic E-state index is -0.368. The van der Waals surface area contributed by atoms with Gasteiger partial charge in [0.05, 0.1) is 21.0 Å². The second-order valence-electron chi connectivity index (χ2n) is 7.60. The van der Waals surface area contributed by atoms with Crippen molar-refractivity contribution in [3.63, 3.8) is 0 Å². The first-order chi connectivity index (χ1) is 15.5. The van der Waals surface area contributed by atoms with Crippen molar-refractivity contribution in [3.8, 4) is 11.5 Å². The number of benzene rings is 3. The molecule has 0 radical (unpaired) electrons. The average molecular weight is 562 g/mol. The van der Waals surface area contributed by atoms with Gasteiger partial charge in [-0.25, -0.2) is 0 Å². The number of ether oxygens (including phenoxy) is 2. The fourth-order valence-electron chi connectivity index (χ4n) is 4.00. The summed E-state index contributed by atoms with van der Waals surface area (Å²) in [5, 5.41) is 15.3. The van der Waals surface area contributed by atoms with Crippen LogP contribution in [-0.2, 0) is 19.4 Å². The number of fused-ring (bicyclic) bond motifs is 1. The molecule has 32 heavy (non-hydrogen) atoms. The minimum Gasteiger partial charge on any atom is -0.494 e. The van der Waals surface area contributed by atoms with Crippen LogP contribution in [0.1, 0.15) is 28.3 Å². The van der Waals surface area contributed by atoms with E-state index in [2.05, 4.69) is 37.2 Å². The van der Waals surface area contributed by atoms with Crippen LogP contribution in [0.2, 0.25) is 0 Å². The standard InChI is InChI=1S/C24H22Br2N2O4/c1-31-24-19(25)9-16(10-20(24)26)11-21-18-13-22(28(29)30)23(12-17(18)7-8-27-21)32-14-15-5-3-2-4-6-15/h2-6,9-10,12-13,21,27H,7-8,11,14H2,1H3. The highest BCUT2D eigenvalue weighted by molar-refractivity contribution is 9.11. The lowest BCUT2D eigenvalue weighted by atomic mass is 9.89. The van der Waals surface area contributed by atoms with Crippen LogP contribution in [0.4, 0.5) is 5.69 Å². The fourth-order valence-corrected chi connectivity index (χ4v) is 5.60. The molecule has 8 heteroatoms. The van der Waals surface area contributed by atoms with Gasteiger partial charge in [0.2, 0.25) is 0 Å². The molecule has 1 aliphatic heterocycles. The van der Waals surface area contributed by atoms with Gasteiger partial charge in [-0.3, -0.25) is 10.1 Å². The van der Waals surface area contributed by atoms with Crippen LogP contribution in [0, 0.1) is 10.1 Å². The minimum absolute atomic E-state index is 0.00882. The van der Waals surface area contributed by atoms with Crippen LogP contribution in [0.25, 0.3) is 0 Å². The molecule has 3 aromatic carbocycles. The largest absolute Gasteiger partial charge is 0.494 e. The zero-order valence-corrected chi connectivity index (χ0v) is 20.6. The predicted molar refractivity (Wildman–Crippen MR) is 130 cm³/mol. The molecule has 4 rings (SSSR count). The third-order valence-corrected chi connectivity index (χ3v) is 6.70. The lowest BCUT2D eigenvalue weighted by Gasteiger charge is -2.28. The molecular formula is C24H22Br2N2O4. The molecule has 0 spiro atoms. The molecule has 0 saturated carbocycles. The normalized spacial score (nSPS) is 15.2. The van der Waals surface area contributed by atoms with Gasteiger partial charge in [-0.15, -0.1) is 0 Å². The average Bonchev–Trinajstić information content (AvgIpc) is 2.78. The summed E-state index contributed by atoms with van der Waals surface area (Å²) in [5.74, 6) is 1.05. The highest BCUT2D eigenvalue weighted by atomic mass is 79.9. The van der Waals surface area contributed by atoms with E-state index in [1.165, 1.54) is 0 Å². The molecule has 0 fully saturated rings. The van der Waals surface area contributed by atoms with Crippen molar-refractivity contribution in [2.75, 3.05) is 13.7 Å². The number of halogens is 2. The molecule has 166 valence electrons. The second-order valence-corrected chi connectivity index (χ2v) is 9.31. The number of nitrogens with zero attached hydrogens (tertiary/aromatic N) is 1. The number of nitro groups is 1. The highest BCUT2D eigenvalue weighted by Gasteiger charge is 2.27. The zero-order valence-electron chi connectivity index (χ0n) is 17.4. The van der Waals surface area contributed by atoms with Crippen LogP contribution >= 0.6 is 31.9 Å². The van der Waals surface area contributed by atoms with Gasteiger partial charge in [-0.1, -0.05) is 30.3 Å². The van der Waals surface area contributed by atoms with Gasteiger partial charge in [-0.05, 0) is 91.7 Å². The first kappa shape index (κ1) is 22.8. The van der Waals surface area contributed by atoms with E-state index in [4.69, 9.17) is 9.47 Å². The number of hydrogen-bond acceptors (Lipinski definition) is 5. The van der Waals surface area contributed by atoms with Crippen LogP contribution in [0.5, 0.6) is 11.5 Å². The van der Waals surface area contributed by atoms with Crippen LogP contribution in [-0.4, -0.2) is 18.6 Å². The van der Waals surface area contributed by atoms with Crippen LogP contribution in [0.15, 0.2) is 63.5 Å². The summed E-state index contributed by atoms with van der Waals surface area (Å²) in [5.41, 5.74) is 4.06. The van der Waals surface area contributed by atoms with E-state index in [0.29, 0.717) is 12.2 Å². The first-order valence-corrected chi connectivity index (χ1v) is 11.8. The van der Waals surface area contributed by atoms with E-state index >= 15 is 0 Å².